The van der Waals surface area contributed by atoms with Crippen LogP contribution in [0.15, 0.2) is 27.2 Å². The van der Waals surface area contributed by atoms with Crippen LogP contribution < -0.4 is 0 Å². The van der Waals surface area contributed by atoms with Crippen molar-refractivity contribution in [2.75, 3.05) is 0 Å². The first-order chi connectivity index (χ1) is 5.27. The summed E-state index contributed by atoms with van der Waals surface area (Å²) in [4.78, 5) is 0. The van der Waals surface area contributed by atoms with Crippen LogP contribution in [0.5, 0.6) is 0 Å². The van der Waals surface area contributed by atoms with E-state index in [4.69, 9.17) is 0 Å². The molecule has 0 spiro atoms. The van der Waals surface area contributed by atoms with Crippen LogP contribution in [0.2, 0.25) is 0 Å². The molecule has 0 heterocycles. The lowest BCUT2D eigenvalue weighted by atomic mass is 10.1. The number of hydrogen-bond donors (Lipinski definition) is 0. The molecule has 0 bridgehead atoms. The summed E-state index contributed by atoms with van der Waals surface area (Å²) in [7, 11) is 0. The maximum Gasteiger partial charge on any atom is 0.0216 e. The number of allylic oxidation sites excluding steroid dienone is 1. The Labute approximate surface area is 82.6 Å². The molecule has 11 heavy (non-hydrogen) atoms. The van der Waals surface area contributed by atoms with Crippen LogP contribution in [-0.4, -0.2) is 0 Å². The maximum absolute atomic E-state index is 3.52. The molecule has 2 rings (SSSR count). The van der Waals surface area contributed by atoms with E-state index in [1.54, 1.807) is 0 Å². The Morgan fingerprint density at radius 3 is 2.73 bits per heavy atom. The zero-order chi connectivity index (χ0) is 7.84. The molecule has 0 atom stereocenters. The average Bonchev–Trinajstić information content (AvgIpc) is 2.31. The van der Waals surface area contributed by atoms with Crippen LogP contribution in [0.3, 0.4) is 0 Å². The SMILES string of the molecule is BrC1=Cc2cccc(Br)c2C1. The Morgan fingerprint density at radius 1 is 1.18 bits per heavy atom. The zero-order valence-corrected chi connectivity index (χ0v) is 8.94. The second kappa shape index (κ2) is 2.76. The predicted octanol–water partition coefficient (Wildman–Crippen LogP) is 3.74. The summed E-state index contributed by atoms with van der Waals surface area (Å²) in [5.41, 5.74) is 2.71. The molecule has 1 aromatic rings. The van der Waals surface area contributed by atoms with Gasteiger partial charge in [-0.25, -0.2) is 0 Å². The smallest absolute Gasteiger partial charge is 0.0216 e. The van der Waals surface area contributed by atoms with Gasteiger partial charge in [0.15, 0.2) is 0 Å². The number of hydrogen-bond acceptors (Lipinski definition) is 0. The molecule has 0 unspecified atom stereocenters. The van der Waals surface area contributed by atoms with Crippen LogP contribution >= 0.6 is 31.9 Å². The van der Waals surface area contributed by atoms with Crippen LogP contribution in [0.4, 0.5) is 0 Å². The van der Waals surface area contributed by atoms with E-state index in [2.05, 4.69) is 56.1 Å². The highest BCUT2D eigenvalue weighted by Crippen LogP contribution is 2.33. The molecule has 0 radical (unpaired) electrons. The summed E-state index contributed by atoms with van der Waals surface area (Å²) in [6.45, 7) is 0. The van der Waals surface area contributed by atoms with Crippen molar-refractivity contribution in [2.45, 2.75) is 6.42 Å². The molecule has 2 heteroatoms. The van der Waals surface area contributed by atoms with Crippen LogP contribution in [0.25, 0.3) is 6.08 Å². The van der Waals surface area contributed by atoms with Gasteiger partial charge in [0.1, 0.15) is 0 Å². The maximum atomic E-state index is 3.52. The van der Waals surface area contributed by atoms with E-state index in [1.165, 1.54) is 20.1 Å². The zero-order valence-electron chi connectivity index (χ0n) is 5.77. The molecule has 56 valence electrons. The average molecular weight is 274 g/mol. The first-order valence-corrected chi connectivity index (χ1v) is 4.99. The van der Waals surface area contributed by atoms with Crippen molar-refractivity contribution < 1.29 is 0 Å². The number of fused-ring (bicyclic) bond motifs is 1. The fraction of sp³-hybridized carbons (Fsp3) is 0.111. The van der Waals surface area contributed by atoms with Gasteiger partial charge in [0.25, 0.3) is 0 Å². The highest BCUT2D eigenvalue weighted by molar-refractivity contribution is 9.12. The Balaban J connectivity index is 2.59. The fourth-order valence-electron chi connectivity index (χ4n) is 1.29. The molecule has 0 saturated carbocycles. The minimum atomic E-state index is 1.02. The van der Waals surface area contributed by atoms with E-state index < -0.39 is 0 Å². The lowest BCUT2D eigenvalue weighted by molar-refractivity contribution is 1.27. The van der Waals surface area contributed by atoms with Crippen LogP contribution in [0, 0.1) is 0 Å². The third-order valence-corrected chi connectivity index (χ3v) is 3.07. The van der Waals surface area contributed by atoms with Gasteiger partial charge in [-0.15, -0.1) is 0 Å². The van der Waals surface area contributed by atoms with Crippen molar-refractivity contribution in [1.29, 1.82) is 0 Å². The summed E-state index contributed by atoms with van der Waals surface area (Å²) >= 11 is 7.01. The normalized spacial score (nSPS) is 14.5. The molecule has 0 N–H and O–H groups in total. The van der Waals surface area contributed by atoms with Crippen molar-refractivity contribution in [1.82, 2.24) is 0 Å². The topological polar surface area (TPSA) is 0 Å². The summed E-state index contributed by atoms with van der Waals surface area (Å²) < 4.78 is 2.47. The van der Waals surface area contributed by atoms with Gasteiger partial charge in [-0.2, -0.15) is 0 Å². The van der Waals surface area contributed by atoms with Gasteiger partial charge in [0.05, 0.1) is 0 Å². The van der Waals surface area contributed by atoms with Crippen molar-refractivity contribution in [2.24, 2.45) is 0 Å². The summed E-state index contributed by atoms with van der Waals surface area (Å²) in [6, 6.07) is 6.28. The molecule has 0 saturated heterocycles. The second-order valence-electron chi connectivity index (χ2n) is 2.58. The van der Waals surface area contributed by atoms with Gasteiger partial charge in [-0.1, -0.05) is 44.0 Å². The lowest BCUT2D eigenvalue weighted by Crippen LogP contribution is -1.82. The van der Waals surface area contributed by atoms with E-state index in [0.717, 1.165) is 6.42 Å². The Kier molecular flexibility index (Phi) is 1.90. The Hall–Kier alpha value is -0.0800. The lowest BCUT2D eigenvalue weighted by Gasteiger charge is -1.99. The molecule has 1 aliphatic rings. The van der Waals surface area contributed by atoms with Crippen molar-refractivity contribution in [3.63, 3.8) is 0 Å². The largest absolute Gasteiger partial charge is 0.0605 e. The van der Waals surface area contributed by atoms with Crippen molar-refractivity contribution in [3.8, 4) is 0 Å². The van der Waals surface area contributed by atoms with Gasteiger partial charge in [0, 0.05) is 15.4 Å². The molecule has 0 aromatic heterocycles. The predicted molar refractivity (Wildman–Crippen MR) is 54.8 cm³/mol. The highest BCUT2D eigenvalue weighted by atomic mass is 79.9. The summed E-state index contributed by atoms with van der Waals surface area (Å²) in [5.74, 6) is 0. The summed E-state index contributed by atoms with van der Waals surface area (Å²) in [5, 5.41) is 0. The monoisotopic (exact) mass is 272 g/mol. The quantitative estimate of drug-likeness (QED) is 0.676. The van der Waals surface area contributed by atoms with Crippen LogP contribution in [-0.2, 0) is 6.42 Å². The number of benzene rings is 1. The van der Waals surface area contributed by atoms with Crippen LogP contribution in [0.1, 0.15) is 11.1 Å². The number of rotatable bonds is 0. The fourth-order valence-corrected chi connectivity index (χ4v) is 2.33. The molecular weight excluding hydrogens is 268 g/mol. The Bertz CT molecular complexity index is 326. The summed E-state index contributed by atoms with van der Waals surface area (Å²) in [6.07, 6.45) is 3.19. The third-order valence-electron chi connectivity index (χ3n) is 1.81. The molecule has 1 aliphatic carbocycles. The highest BCUT2D eigenvalue weighted by Gasteiger charge is 2.12. The molecule has 1 aromatic carbocycles. The molecule has 0 amide bonds. The van der Waals surface area contributed by atoms with E-state index >= 15 is 0 Å². The minimum Gasteiger partial charge on any atom is -0.0605 e. The van der Waals surface area contributed by atoms with Gasteiger partial charge < -0.3 is 0 Å². The van der Waals surface area contributed by atoms with Gasteiger partial charge in [-0.05, 0) is 23.3 Å². The molecule has 0 nitrogen and oxygen atoms in total. The molecule has 0 aliphatic heterocycles. The van der Waals surface area contributed by atoms with E-state index in [9.17, 15) is 0 Å². The minimum absolute atomic E-state index is 1.02. The van der Waals surface area contributed by atoms with Gasteiger partial charge in [0.2, 0.25) is 0 Å². The third kappa shape index (κ3) is 1.30. The Morgan fingerprint density at radius 2 is 2.00 bits per heavy atom. The van der Waals surface area contributed by atoms with Crippen molar-refractivity contribution >= 4 is 37.9 Å². The van der Waals surface area contributed by atoms with E-state index in [-0.39, 0.29) is 0 Å². The first kappa shape index (κ1) is 7.56. The van der Waals surface area contributed by atoms with E-state index in [1.807, 2.05) is 0 Å². The van der Waals surface area contributed by atoms with Crippen molar-refractivity contribution in [3.05, 3.63) is 38.3 Å². The second-order valence-corrected chi connectivity index (χ2v) is 4.45. The van der Waals surface area contributed by atoms with Gasteiger partial charge >= 0.3 is 0 Å². The molecule has 0 fully saturated rings. The van der Waals surface area contributed by atoms with Gasteiger partial charge in [-0.3, -0.25) is 0 Å². The standard InChI is InChI=1S/C9H6Br2/c10-7-4-6-2-1-3-9(11)8(6)5-7/h1-4H,5H2. The van der Waals surface area contributed by atoms with E-state index in [0.29, 0.717) is 0 Å². The number of halogens is 2. The molecular formula is C9H6Br2. The first-order valence-electron chi connectivity index (χ1n) is 3.41.